The molecule has 2 rings (SSSR count). The summed E-state index contributed by atoms with van der Waals surface area (Å²) in [5.74, 6) is 0.685. The fourth-order valence-corrected chi connectivity index (χ4v) is 1.01. The van der Waals surface area contributed by atoms with Gasteiger partial charge in [0.05, 0.1) is 0 Å². The van der Waals surface area contributed by atoms with Gasteiger partial charge in [0.2, 0.25) is 0 Å². The summed E-state index contributed by atoms with van der Waals surface area (Å²) in [6.45, 7) is 4.25. The van der Waals surface area contributed by atoms with E-state index in [4.69, 9.17) is 0 Å². The fourth-order valence-electron chi connectivity index (χ4n) is 1.01. The molecule has 70 valence electrons. The molecule has 1 aromatic rings. The van der Waals surface area contributed by atoms with E-state index in [1.165, 1.54) is 5.56 Å². The van der Waals surface area contributed by atoms with Gasteiger partial charge in [0.1, 0.15) is 0 Å². The van der Waals surface area contributed by atoms with Gasteiger partial charge in [0.15, 0.2) is 0 Å². The minimum Gasteiger partial charge on any atom is -0.213 e. The predicted octanol–water partition coefficient (Wildman–Crippen LogP) is 3.46. The Morgan fingerprint density at radius 2 is 1.85 bits per heavy atom. The van der Waals surface area contributed by atoms with Gasteiger partial charge in [0.25, 0.3) is 0 Å². The summed E-state index contributed by atoms with van der Waals surface area (Å²) >= 11 is 0. The van der Waals surface area contributed by atoms with Crippen LogP contribution in [0.25, 0.3) is 0 Å². The zero-order chi connectivity index (χ0) is 8.81. The normalized spacial score (nSPS) is 13.4. The SMILES string of the molecule is CC1C=CC=C1.Cc1ccc[cH-]1.[Fe+2]. The first-order chi connectivity index (χ1) is 5.79. The molecule has 0 amide bonds. The van der Waals surface area contributed by atoms with E-state index in [2.05, 4.69) is 50.3 Å². The molecule has 0 bridgehead atoms. The van der Waals surface area contributed by atoms with Gasteiger partial charge >= 0.3 is 17.1 Å². The van der Waals surface area contributed by atoms with Crippen LogP contribution in [0.4, 0.5) is 0 Å². The summed E-state index contributed by atoms with van der Waals surface area (Å²) in [5.41, 5.74) is 1.34. The van der Waals surface area contributed by atoms with E-state index in [1.54, 1.807) is 0 Å². The monoisotopic (exact) mass is 215 g/mol. The van der Waals surface area contributed by atoms with Crippen LogP contribution < -0.4 is 0 Å². The average molecular weight is 215 g/mol. The van der Waals surface area contributed by atoms with Gasteiger partial charge in [-0.1, -0.05) is 38.2 Å². The largest absolute Gasteiger partial charge is 2.00 e. The molecule has 0 aromatic heterocycles. The maximum Gasteiger partial charge on any atom is 2.00 e. The molecule has 1 heteroatoms. The average Bonchev–Trinajstić information content (AvgIpc) is 2.63. The maximum atomic E-state index is 2.17. The van der Waals surface area contributed by atoms with Crippen LogP contribution in [0.3, 0.4) is 0 Å². The summed E-state index contributed by atoms with van der Waals surface area (Å²) in [5, 5.41) is 0. The molecule has 0 atom stereocenters. The summed E-state index contributed by atoms with van der Waals surface area (Å²) in [4.78, 5) is 0. The standard InChI is InChI=1S/C6H8.C6H7.Fe/c2*1-6-4-2-3-5-6;/h2-6H,1H3;2-5H,1H3;/q;-1;+2. The van der Waals surface area contributed by atoms with Crippen molar-refractivity contribution >= 4 is 0 Å². The van der Waals surface area contributed by atoms with E-state index < -0.39 is 0 Å². The minimum absolute atomic E-state index is 0. The third kappa shape index (κ3) is 5.57. The van der Waals surface area contributed by atoms with Crippen molar-refractivity contribution < 1.29 is 17.1 Å². The van der Waals surface area contributed by atoms with Crippen molar-refractivity contribution in [2.24, 2.45) is 5.92 Å². The number of hydrogen-bond donors (Lipinski definition) is 0. The molecule has 0 heterocycles. The Kier molecular flexibility index (Phi) is 6.48. The molecular weight excluding hydrogens is 200 g/mol. The van der Waals surface area contributed by atoms with Gasteiger partial charge in [-0.25, -0.2) is 12.1 Å². The van der Waals surface area contributed by atoms with Gasteiger partial charge < -0.3 is 0 Å². The summed E-state index contributed by atoms with van der Waals surface area (Å²) < 4.78 is 0. The van der Waals surface area contributed by atoms with Crippen molar-refractivity contribution in [3.63, 3.8) is 0 Å². The molecule has 0 fully saturated rings. The minimum atomic E-state index is 0. The fraction of sp³-hybridized carbons (Fsp3) is 0.250. The topological polar surface area (TPSA) is 0 Å². The molecular formula is C12H15Fe+. The molecule has 0 saturated carbocycles. The van der Waals surface area contributed by atoms with Crippen molar-refractivity contribution in [2.75, 3.05) is 0 Å². The third-order valence-electron chi connectivity index (χ3n) is 1.77. The van der Waals surface area contributed by atoms with Crippen LogP contribution in [0, 0.1) is 12.8 Å². The van der Waals surface area contributed by atoms with E-state index in [0.29, 0.717) is 5.92 Å². The summed E-state index contributed by atoms with van der Waals surface area (Å²) in [7, 11) is 0. The van der Waals surface area contributed by atoms with Crippen LogP contribution in [0.1, 0.15) is 12.5 Å². The molecule has 1 aliphatic carbocycles. The van der Waals surface area contributed by atoms with Crippen molar-refractivity contribution in [1.82, 2.24) is 0 Å². The van der Waals surface area contributed by atoms with Gasteiger partial charge in [-0.2, -0.15) is 17.7 Å². The first-order valence-corrected chi connectivity index (χ1v) is 4.32. The number of hydrogen-bond acceptors (Lipinski definition) is 0. The van der Waals surface area contributed by atoms with Crippen molar-refractivity contribution in [1.29, 1.82) is 0 Å². The second-order valence-electron chi connectivity index (χ2n) is 3.09. The Bertz CT molecular complexity index is 243. The van der Waals surface area contributed by atoms with Gasteiger partial charge in [0, 0.05) is 0 Å². The van der Waals surface area contributed by atoms with E-state index in [-0.39, 0.29) is 17.1 Å². The number of allylic oxidation sites excluding steroid dienone is 4. The van der Waals surface area contributed by atoms with Crippen LogP contribution in [0.15, 0.2) is 48.6 Å². The van der Waals surface area contributed by atoms with E-state index in [0.717, 1.165) is 0 Å². The van der Waals surface area contributed by atoms with Crippen molar-refractivity contribution in [2.45, 2.75) is 13.8 Å². The molecule has 0 aliphatic heterocycles. The zero-order valence-electron chi connectivity index (χ0n) is 8.05. The first kappa shape index (κ1) is 12.3. The van der Waals surface area contributed by atoms with Gasteiger partial charge in [-0.3, -0.25) is 0 Å². The molecule has 1 aromatic carbocycles. The maximum absolute atomic E-state index is 2.17. The van der Waals surface area contributed by atoms with Gasteiger partial charge in [-0.15, -0.1) is 0 Å². The van der Waals surface area contributed by atoms with Crippen LogP contribution in [-0.2, 0) is 17.1 Å². The summed E-state index contributed by atoms with van der Waals surface area (Å²) in [6.07, 6.45) is 8.48. The molecule has 0 radical (unpaired) electrons. The Balaban J connectivity index is 0.000000206. The number of rotatable bonds is 0. The summed E-state index contributed by atoms with van der Waals surface area (Å²) in [6, 6.07) is 8.24. The molecule has 0 saturated heterocycles. The Morgan fingerprint density at radius 1 is 1.23 bits per heavy atom. The van der Waals surface area contributed by atoms with Crippen molar-refractivity contribution in [3.05, 3.63) is 54.1 Å². The van der Waals surface area contributed by atoms with Crippen LogP contribution >= 0.6 is 0 Å². The smallest absolute Gasteiger partial charge is 0.213 e. The van der Waals surface area contributed by atoms with E-state index in [9.17, 15) is 0 Å². The first-order valence-electron chi connectivity index (χ1n) is 4.32. The van der Waals surface area contributed by atoms with Crippen molar-refractivity contribution in [3.8, 4) is 0 Å². The van der Waals surface area contributed by atoms with Crippen LogP contribution in [-0.4, -0.2) is 0 Å². The van der Waals surface area contributed by atoms with E-state index >= 15 is 0 Å². The second kappa shape index (κ2) is 6.82. The Hall–Kier alpha value is -0.651. The van der Waals surface area contributed by atoms with Crippen LogP contribution in [0.5, 0.6) is 0 Å². The Labute approximate surface area is 91.2 Å². The predicted molar refractivity (Wildman–Crippen MR) is 54.2 cm³/mol. The van der Waals surface area contributed by atoms with Gasteiger partial charge in [-0.05, 0) is 5.92 Å². The van der Waals surface area contributed by atoms with Crippen LogP contribution in [0.2, 0.25) is 0 Å². The molecule has 0 spiro atoms. The zero-order valence-corrected chi connectivity index (χ0v) is 9.15. The van der Waals surface area contributed by atoms with E-state index in [1.807, 2.05) is 12.1 Å². The molecule has 13 heavy (non-hydrogen) atoms. The second-order valence-corrected chi connectivity index (χ2v) is 3.09. The molecule has 0 unspecified atom stereocenters. The number of aryl methyl sites for hydroxylation is 1. The molecule has 1 aliphatic rings. The Morgan fingerprint density at radius 3 is 2.00 bits per heavy atom. The molecule has 0 N–H and O–H groups in total. The molecule has 0 nitrogen and oxygen atoms in total. The quantitative estimate of drug-likeness (QED) is 0.459. The third-order valence-corrected chi connectivity index (χ3v) is 1.77.